The Morgan fingerprint density at radius 2 is 1.62 bits per heavy atom. The molecule has 2 N–H and O–H groups in total. The summed E-state index contributed by atoms with van der Waals surface area (Å²) in [6, 6.07) is 0.0772. The molecule has 134 valence electrons. The van der Waals surface area contributed by atoms with Crippen LogP contribution in [0.5, 0.6) is 0 Å². The minimum Gasteiger partial charge on any atom is -0.369 e. The van der Waals surface area contributed by atoms with Crippen LogP contribution in [-0.2, 0) is 9.59 Å². The Hall–Kier alpha value is -1.79. The molecule has 0 spiro atoms. The van der Waals surface area contributed by atoms with E-state index in [4.69, 9.17) is 5.73 Å². The van der Waals surface area contributed by atoms with Crippen LogP contribution in [0.1, 0.15) is 39.0 Å². The standard InChI is InChI=1S/C17H28N4O3/c1-17(15(18)23)6-10-21(12-17)14(22)13-5-4-9-20(11-13)16(24)19-7-2-3-8-19/h13H,2-12H2,1H3,(H2,18,23)/t13-,17+/m1/s1. The molecular formula is C17H28N4O3. The van der Waals surface area contributed by atoms with Gasteiger partial charge in [0.25, 0.3) is 0 Å². The SMILES string of the molecule is C[C@]1(C(N)=O)CCN(C(=O)[C@@H]2CCCN(C(=O)N3CCCC3)C2)C1. The Kier molecular flexibility index (Phi) is 4.69. The molecule has 0 saturated carbocycles. The van der Waals surface area contributed by atoms with E-state index in [2.05, 4.69) is 0 Å². The number of piperidine rings is 1. The van der Waals surface area contributed by atoms with Crippen LogP contribution in [0.3, 0.4) is 0 Å². The number of hydrogen-bond donors (Lipinski definition) is 1. The van der Waals surface area contributed by atoms with E-state index in [-0.39, 0.29) is 23.8 Å². The number of likely N-dealkylation sites (tertiary alicyclic amines) is 3. The van der Waals surface area contributed by atoms with Gasteiger partial charge in [-0.25, -0.2) is 4.79 Å². The summed E-state index contributed by atoms with van der Waals surface area (Å²) >= 11 is 0. The first-order chi connectivity index (χ1) is 11.4. The maximum atomic E-state index is 12.8. The Morgan fingerprint density at radius 3 is 2.25 bits per heavy atom. The van der Waals surface area contributed by atoms with Crippen molar-refractivity contribution in [2.24, 2.45) is 17.1 Å². The molecule has 3 heterocycles. The summed E-state index contributed by atoms with van der Waals surface area (Å²) in [7, 11) is 0. The van der Waals surface area contributed by atoms with E-state index in [0.717, 1.165) is 45.3 Å². The minimum atomic E-state index is -0.616. The van der Waals surface area contributed by atoms with Crippen LogP contribution < -0.4 is 5.73 Å². The monoisotopic (exact) mass is 336 g/mol. The van der Waals surface area contributed by atoms with Crippen molar-refractivity contribution in [1.29, 1.82) is 0 Å². The van der Waals surface area contributed by atoms with Gasteiger partial charge in [0, 0.05) is 39.3 Å². The molecule has 7 heteroatoms. The third kappa shape index (κ3) is 3.21. The summed E-state index contributed by atoms with van der Waals surface area (Å²) in [5.74, 6) is -0.424. The third-order valence-electron chi connectivity index (χ3n) is 5.80. The van der Waals surface area contributed by atoms with Crippen molar-refractivity contribution in [3.63, 3.8) is 0 Å². The molecule has 0 radical (unpaired) electrons. The van der Waals surface area contributed by atoms with Crippen LogP contribution in [0, 0.1) is 11.3 Å². The van der Waals surface area contributed by atoms with Crippen LogP contribution in [-0.4, -0.2) is 71.8 Å². The number of nitrogens with zero attached hydrogens (tertiary/aromatic N) is 3. The van der Waals surface area contributed by atoms with Gasteiger partial charge in [0.15, 0.2) is 0 Å². The molecule has 0 aromatic carbocycles. The number of carbonyl (C=O) groups excluding carboxylic acids is 3. The zero-order valence-electron chi connectivity index (χ0n) is 14.5. The van der Waals surface area contributed by atoms with E-state index in [1.54, 1.807) is 4.90 Å². The van der Waals surface area contributed by atoms with Gasteiger partial charge in [-0.3, -0.25) is 9.59 Å². The van der Waals surface area contributed by atoms with Gasteiger partial charge in [0.1, 0.15) is 0 Å². The Bertz CT molecular complexity index is 532. The molecule has 4 amide bonds. The Labute approximate surface area is 143 Å². The van der Waals surface area contributed by atoms with Crippen LogP contribution in [0.4, 0.5) is 4.79 Å². The van der Waals surface area contributed by atoms with Gasteiger partial charge in [-0.05, 0) is 39.0 Å². The molecule has 24 heavy (non-hydrogen) atoms. The zero-order chi connectivity index (χ0) is 17.3. The van der Waals surface area contributed by atoms with Gasteiger partial charge in [-0.15, -0.1) is 0 Å². The summed E-state index contributed by atoms with van der Waals surface area (Å²) in [6.07, 6.45) is 4.43. The first kappa shape index (κ1) is 17.0. The van der Waals surface area contributed by atoms with Crippen molar-refractivity contribution >= 4 is 17.8 Å². The lowest BCUT2D eigenvalue weighted by Crippen LogP contribution is -2.50. The molecule has 0 aliphatic carbocycles. The van der Waals surface area contributed by atoms with Crippen molar-refractivity contribution in [2.75, 3.05) is 39.3 Å². The molecule has 3 aliphatic rings. The Morgan fingerprint density at radius 1 is 0.958 bits per heavy atom. The molecular weight excluding hydrogens is 308 g/mol. The fourth-order valence-corrected chi connectivity index (χ4v) is 4.07. The highest BCUT2D eigenvalue weighted by atomic mass is 16.2. The molecule has 2 atom stereocenters. The average molecular weight is 336 g/mol. The molecule has 7 nitrogen and oxygen atoms in total. The lowest BCUT2D eigenvalue weighted by Gasteiger charge is -2.36. The maximum absolute atomic E-state index is 12.8. The van der Waals surface area contributed by atoms with Crippen molar-refractivity contribution in [3.8, 4) is 0 Å². The van der Waals surface area contributed by atoms with Crippen molar-refractivity contribution < 1.29 is 14.4 Å². The highest BCUT2D eigenvalue weighted by Crippen LogP contribution is 2.31. The number of urea groups is 1. The molecule has 3 fully saturated rings. The predicted molar refractivity (Wildman–Crippen MR) is 89.0 cm³/mol. The fourth-order valence-electron chi connectivity index (χ4n) is 4.07. The summed E-state index contributed by atoms with van der Waals surface area (Å²) in [6.45, 7) is 5.70. The zero-order valence-corrected chi connectivity index (χ0v) is 14.5. The topological polar surface area (TPSA) is 87.0 Å². The summed E-state index contributed by atoms with van der Waals surface area (Å²) in [5.41, 5.74) is 4.85. The minimum absolute atomic E-state index is 0.0684. The van der Waals surface area contributed by atoms with Crippen LogP contribution in [0.2, 0.25) is 0 Å². The number of rotatable bonds is 2. The van der Waals surface area contributed by atoms with Gasteiger partial charge >= 0.3 is 6.03 Å². The summed E-state index contributed by atoms with van der Waals surface area (Å²) in [4.78, 5) is 42.4. The second kappa shape index (κ2) is 6.61. The van der Waals surface area contributed by atoms with E-state index in [1.807, 2.05) is 16.7 Å². The number of nitrogens with two attached hydrogens (primary N) is 1. The van der Waals surface area contributed by atoms with E-state index in [9.17, 15) is 14.4 Å². The first-order valence-corrected chi connectivity index (χ1v) is 9.03. The normalized spacial score (nSPS) is 30.7. The second-order valence-electron chi connectivity index (χ2n) is 7.70. The first-order valence-electron chi connectivity index (χ1n) is 9.03. The quantitative estimate of drug-likeness (QED) is 0.803. The van der Waals surface area contributed by atoms with E-state index >= 15 is 0 Å². The molecule has 3 rings (SSSR count). The van der Waals surface area contributed by atoms with Crippen LogP contribution in [0.25, 0.3) is 0 Å². The summed E-state index contributed by atoms with van der Waals surface area (Å²) in [5, 5.41) is 0. The predicted octanol–water partition coefficient (Wildman–Crippen LogP) is 0.638. The van der Waals surface area contributed by atoms with Gasteiger partial charge in [0.05, 0.1) is 11.3 Å². The number of amides is 4. The van der Waals surface area contributed by atoms with Gasteiger partial charge < -0.3 is 20.4 Å². The fraction of sp³-hybridized carbons (Fsp3) is 0.824. The van der Waals surface area contributed by atoms with Crippen LogP contribution in [0.15, 0.2) is 0 Å². The van der Waals surface area contributed by atoms with E-state index in [1.165, 1.54) is 0 Å². The van der Waals surface area contributed by atoms with Crippen molar-refractivity contribution in [2.45, 2.75) is 39.0 Å². The highest BCUT2D eigenvalue weighted by molar-refractivity contribution is 5.85. The van der Waals surface area contributed by atoms with Crippen LogP contribution >= 0.6 is 0 Å². The molecule has 0 aromatic heterocycles. The summed E-state index contributed by atoms with van der Waals surface area (Å²) < 4.78 is 0. The maximum Gasteiger partial charge on any atom is 0.320 e. The lowest BCUT2D eigenvalue weighted by atomic mass is 9.89. The second-order valence-corrected chi connectivity index (χ2v) is 7.70. The lowest BCUT2D eigenvalue weighted by molar-refractivity contribution is -0.136. The van der Waals surface area contributed by atoms with Crippen molar-refractivity contribution in [1.82, 2.24) is 14.7 Å². The smallest absolute Gasteiger partial charge is 0.320 e. The molecule has 0 aromatic rings. The van der Waals surface area contributed by atoms with Gasteiger partial charge in [-0.2, -0.15) is 0 Å². The van der Waals surface area contributed by atoms with Gasteiger partial charge in [-0.1, -0.05) is 0 Å². The highest BCUT2D eigenvalue weighted by Gasteiger charge is 2.43. The van der Waals surface area contributed by atoms with E-state index in [0.29, 0.717) is 26.1 Å². The molecule has 0 bridgehead atoms. The number of primary amides is 1. The third-order valence-corrected chi connectivity index (χ3v) is 5.80. The molecule has 0 unspecified atom stereocenters. The molecule has 3 aliphatic heterocycles. The van der Waals surface area contributed by atoms with Gasteiger partial charge in [0.2, 0.25) is 11.8 Å². The molecule has 3 saturated heterocycles. The number of hydrogen-bond acceptors (Lipinski definition) is 3. The average Bonchev–Trinajstić information content (AvgIpc) is 3.24. The number of carbonyl (C=O) groups is 3. The Balaban J connectivity index is 1.59. The van der Waals surface area contributed by atoms with E-state index < -0.39 is 5.41 Å². The largest absolute Gasteiger partial charge is 0.369 e. The van der Waals surface area contributed by atoms with Crippen molar-refractivity contribution in [3.05, 3.63) is 0 Å².